The Morgan fingerprint density at radius 3 is 1.43 bits per heavy atom. The van der Waals surface area contributed by atoms with E-state index in [2.05, 4.69) is 143 Å². The number of benzene rings is 3. The van der Waals surface area contributed by atoms with Gasteiger partial charge in [0.15, 0.2) is 0 Å². The van der Waals surface area contributed by atoms with E-state index in [4.69, 9.17) is 0 Å². The summed E-state index contributed by atoms with van der Waals surface area (Å²) in [6, 6.07) is 22.5. The molecule has 0 radical (unpaired) electrons. The van der Waals surface area contributed by atoms with E-state index in [1.165, 1.54) is 59.7 Å². The van der Waals surface area contributed by atoms with E-state index in [9.17, 15) is 0 Å². The molecular weight excluding hydrogens is 651 g/mol. The quantitative estimate of drug-likeness (QED) is 0.178. The van der Waals surface area contributed by atoms with Crippen LogP contribution in [0.15, 0.2) is 71.4 Å². The Kier molecular flexibility index (Phi) is 16.3. The topological polar surface area (TPSA) is 0 Å². The maximum Gasteiger partial charge on any atom is 4.00 e. The molecule has 3 aromatic rings. The Hall–Kier alpha value is -1.06. The first-order valence-corrected chi connectivity index (χ1v) is 17.4. The van der Waals surface area contributed by atoms with Crippen LogP contribution < -0.4 is 52.8 Å². The molecule has 0 nitrogen and oxygen atoms in total. The zero-order valence-electron chi connectivity index (χ0n) is 28.7. The van der Waals surface area contributed by atoms with Crippen molar-refractivity contribution in [1.29, 1.82) is 0 Å². The summed E-state index contributed by atoms with van der Waals surface area (Å²) >= 11 is 0. The van der Waals surface area contributed by atoms with Crippen molar-refractivity contribution in [3.05, 3.63) is 111 Å². The molecular formula is C39H51Cl3SiTi. The summed E-state index contributed by atoms with van der Waals surface area (Å²) in [5.41, 5.74) is 10.0. The van der Waals surface area contributed by atoms with E-state index in [0.717, 1.165) is 25.7 Å². The van der Waals surface area contributed by atoms with Crippen molar-refractivity contribution in [2.75, 3.05) is 0 Å². The molecule has 1 aliphatic rings. The van der Waals surface area contributed by atoms with E-state index in [1.54, 1.807) is 0 Å². The second-order valence-corrected chi connectivity index (χ2v) is 17.7. The minimum absolute atomic E-state index is 0. The molecule has 0 aliphatic heterocycles. The van der Waals surface area contributed by atoms with Crippen molar-refractivity contribution < 1.29 is 58.9 Å². The van der Waals surface area contributed by atoms with Gasteiger partial charge < -0.3 is 37.2 Å². The summed E-state index contributed by atoms with van der Waals surface area (Å²) in [4.78, 5) is 0. The molecule has 0 bridgehead atoms. The van der Waals surface area contributed by atoms with Gasteiger partial charge in [0.25, 0.3) is 0 Å². The Morgan fingerprint density at radius 2 is 1.02 bits per heavy atom. The van der Waals surface area contributed by atoms with Crippen LogP contribution in [0.2, 0.25) is 0 Å². The summed E-state index contributed by atoms with van der Waals surface area (Å²) in [7, 11) is -2.72. The standard InChI is InChI=1S/C39H51Si.3ClH.Ti/c1-12-29-21-30(13-2)23-35(22-29)40(37-17-15-16-31(37)14-3,34-19-27(4)18-28(5)20-34)36-25-32(38(6,7)8)24-33(26-36)39(9,10)11;;;;/h16,18-26H,12-15H2,1-11H3;3*1H;/q-1;;;;+4/p-3. The van der Waals surface area contributed by atoms with E-state index >= 15 is 0 Å². The molecule has 44 heavy (non-hydrogen) atoms. The van der Waals surface area contributed by atoms with Gasteiger partial charge in [0.2, 0.25) is 0 Å². The fourth-order valence-electron chi connectivity index (χ4n) is 6.41. The van der Waals surface area contributed by atoms with Crippen LogP contribution in [0.1, 0.15) is 109 Å². The van der Waals surface area contributed by atoms with Crippen molar-refractivity contribution >= 4 is 23.6 Å². The molecule has 0 N–H and O–H groups in total. The van der Waals surface area contributed by atoms with Crippen molar-refractivity contribution in [3.8, 4) is 0 Å². The smallest absolute Gasteiger partial charge is 1.00 e. The van der Waals surface area contributed by atoms with Gasteiger partial charge in [-0.05, 0) is 75.3 Å². The maximum atomic E-state index is 4.01. The van der Waals surface area contributed by atoms with Crippen LogP contribution in [0, 0.1) is 19.9 Å². The predicted octanol–water partition coefficient (Wildman–Crippen LogP) is -0.488. The normalized spacial score (nSPS) is 14.2. The molecule has 4 rings (SSSR count). The Morgan fingerprint density at radius 1 is 0.591 bits per heavy atom. The molecule has 1 aliphatic carbocycles. The van der Waals surface area contributed by atoms with Crippen LogP contribution >= 0.6 is 0 Å². The third-order valence-electron chi connectivity index (χ3n) is 8.76. The van der Waals surface area contributed by atoms with Crippen molar-refractivity contribution in [2.24, 2.45) is 0 Å². The average molecular weight is 702 g/mol. The minimum atomic E-state index is -2.72. The van der Waals surface area contributed by atoms with Gasteiger partial charge in [-0.2, -0.15) is 6.08 Å². The molecule has 0 spiro atoms. The summed E-state index contributed by atoms with van der Waals surface area (Å²) < 4.78 is 0. The molecule has 0 saturated carbocycles. The molecule has 0 heterocycles. The third kappa shape index (κ3) is 8.64. The van der Waals surface area contributed by atoms with Gasteiger partial charge in [0.1, 0.15) is 8.07 Å². The molecule has 0 saturated heterocycles. The van der Waals surface area contributed by atoms with Gasteiger partial charge >= 0.3 is 21.7 Å². The zero-order chi connectivity index (χ0) is 29.5. The van der Waals surface area contributed by atoms with E-state index in [-0.39, 0.29) is 69.8 Å². The third-order valence-corrected chi connectivity index (χ3v) is 13.5. The predicted molar refractivity (Wildman–Crippen MR) is 179 cm³/mol. The molecule has 0 amide bonds. The molecule has 236 valence electrons. The van der Waals surface area contributed by atoms with E-state index in [1.807, 2.05) is 0 Å². The molecule has 0 aromatic heterocycles. The summed E-state index contributed by atoms with van der Waals surface area (Å²) in [5, 5.41) is 6.01. The minimum Gasteiger partial charge on any atom is -1.00 e. The van der Waals surface area contributed by atoms with Crippen molar-refractivity contribution in [1.82, 2.24) is 0 Å². The largest absolute Gasteiger partial charge is 4.00 e. The number of aryl methyl sites for hydroxylation is 4. The van der Waals surface area contributed by atoms with Crippen LogP contribution in [-0.4, -0.2) is 8.07 Å². The Bertz CT molecular complexity index is 1400. The van der Waals surface area contributed by atoms with Gasteiger partial charge in [-0.25, -0.2) is 10.8 Å². The van der Waals surface area contributed by atoms with Gasteiger partial charge in [-0.15, -0.1) is 6.42 Å². The molecule has 1 unspecified atom stereocenters. The fraction of sp³-hybridized carbons (Fsp3) is 0.436. The number of rotatable bonds is 7. The van der Waals surface area contributed by atoms with Crippen LogP contribution in [0.4, 0.5) is 0 Å². The average Bonchev–Trinajstić information content (AvgIpc) is 3.36. The van der Waals surface area contributed by atoms with Gasteiger partial charge in [0.05, 0.1) is 0 Å². The van der Waals surface area contributed by atoms with Crippen molar-refractivity contribution in [3.63, 3.8) is 0 Å². The second-order valence-electron chi connectivity index (χ2n) is 14.0. The first kappa shape index (κ1) is 42.9. The first-order chi connectivity index (χ1) is 18.7. The first-order valence-electron chi connectivity index (χ1n) is 15.4. The Balaban J connectivity index is 0.00000462. The second kappa shape index (κ2) is 16.7. The van der Waals surface area contributed by atoms with Gasteiger partial charge in [-0.3, -0.25) is 6.08 Å². The van der Waals surface area contributed by atoms with Crippen LogP contribution in [0.25, 0.3) is 0 Å². The molecule has 3 aromatic carbocycles. The summed E-state index contributed by atoms with van der Waals surface area (Å²) in [6.45, 7) is 25.7. The van der Waals surface area contributed by atoms with Gasteiger partial charge in [0, 0.05) is 0 Å². The van der Waals surface area contributed by atoms with Crippen LogP contribution in [0.5, 0.6) is 0 Å². The number of hydrogen-bond donors (Lipinski definition) is 0. The number of allylic oxidation sites excluding steroid dienone is 4. The van der Waals surface area contributed by atoms with E-state index < -0.39 is 8.07 Å². The van der Waals surface area contributed by atoms with E-state index in [0.29, 0.717) is 0 Å². The number of halogens is 3. The fourth-order valence-corrected chi connectivity index (χ4v) is 11.8. The van der Waals surface area contributed by atoms with Crippen LogP contribution in [-0.2, 0) is 45.4 Å². The zero-order valence-corrected chi connectivity index (χ0v) is 33.6. The maximum absolute atomic E-state index is 4.01. The SMILES string of the molecule is CCC1=CC[C-]=C1[Si](c1cc(C)cc(C)c1)(c1cc(CC)cc(CC)c1)c1cc(C(C)(C)C)cc(C(C)(C)C)c1.[Cl-].[Cl-].[Cl-].[Ti+4]. The monoisotopic (exact) mass is 700 g/mol. The Labute approximate surface area is 304 Å². The molecule has 5 heteroatoms. The van der Waals surface area contributed by atoms with Crippen molar-refractivity contribution in [2.45, 2.75) is 113 Å². The van der Waals surface area contributed by atoms with Gasteiger partial charge in [-0.1, -0.05) is 134 Å². The molecule has 1 atom stereocenters. The molecule has 0 fully saturated rings. The van der Waals surface area contributed by atoms with Crippen LogP contribution in [0.3, 0.4) is 0 Å². The summed E-state index contributed by atoms with van der Waals surface area (Å²) in [5.74, 6) is 0. The number of hydrogen-bond acceptors (Lipinski definition) is 0. The summed E-state index contributed by atoms with van der Waals surface area (Å²) in [6.07, 6.45) is 10.5.